The van der Waals surface area contributed by atoms with E-state index in [2.05, 4.69) is 49.8 Å². The molecule has 1 aliphatic heterocycles. The van der Waals surface area contributed by atoms with Gasteiger partial charge in [0.2, 0.25) is 11.8 Å². The van der Waals surface area contributed by atoms with Crippen LogP contribution in [0.3, 0.4) is 0 Å². The highest BCUT2D eigenvalue weighted by molar-refractivity contribution is 5.33. The van der Waals surface area contributed by atoms with Crippen LogP contribution in [0.5, 0.6) is 0 Å². The van der Waals surface area contributed by atoms with Crippen molar-refractivity contribution in [3.8, 4) is 0 Å². The number of piperazine rings is 1. The van der Waals surface area contributed by atoms with E-state index in [4.69, 9.17) is 4.52 Å². The highest BCUT2D eigenvalue weighted by Gasteiger charge is 2.26. The second-order valence-corrected chi connectivity index (χ2v) is 6.03. The summed E-state index contributed by atoms with van der Waals surface area (Å²) in [5.41, 5.74) is 2.13. The van der Waals surface area contributed by atoms with E-state index in [1.54, 1.807) is 0 Å². The maximum atomic E-state index is 5.30. The van der Waals surface area contributed by atoms with Crippen molar-refractivity contribution >= 4 is 5.95 Å². The lowest BCUT2D eigenvalue weighted by molar-refractivity contribution is 0.163. The van der Waals surface area contributed by atoms with Crippen LogP contribution in [-0.2, 0) is 6.42 Å². The molecule has 7 nitrogen and oxygen atoms in total. The molecule has 0 saturated carbocycles. The first-order chi connectivity index (χ1) is 11.1. The topological polar surface area (TPSA) is 71.2 Å². The molecule has 0 aliphatic carbocycles. The normalized spacial score (nSPS) is 17.5. The van der Waals surface area contributed by atoms with Crippen molar-refractivity contribution in [2.75, 3.05) is 31.1 Å². The molecule has 0 radical (unpaired) electrons. The fraction of sp³-hybridized carbons (Fsp3) is 0.625. The molecule has 3 heterocycles. The van der Waals surface area contributed by atoms with Gasteiger partial charge in [-0.3, -0.25) is 4.90 Å². The van der Waals surface area contributed by atoms with Gasteiger partial charge in [-0.2, -0.15) is 4.98 Å². The molecule has 3 rings (SSSR count). The van der Waals surface area contributed by atoms with Crippen LogP contribution in [0.2, 0.25) is 0 Å². The molecule has 0 unspecified atom stereocenters. The van der Waals surface area contributed by atoms with E-state index in [0.717, 1.165) is 49.9 Å². The van der Waals surface area contributed by atoms with Crippen molar-refractivity contribution in [2.24, 2.45) is 0 Å². The van der Waals surface area contributed by atoms with E-state index < -0.39 is 0 Å². The van der Waals surface area contributed by atoms with E-state index in [1.165, 1.54) is 0 Å². The summed E-state index contributed by atoms with van der Waals surface area (Å²) < 4.78 is 5.30. The first kappa shape index (κ1) is 15.9. The van der Waals surface area contributed by atoms with Crippen molar-refractivity contribution in [3.63, 3.8) is 0 Å². The minimum absolute atomic E-state index is 0.142. The average Bonchev–Trinajstić information content (AvgIpc) is 3.00. The van der Waals surface area contributed by atoms with Gasteiger partial charge in [-0.15, -0.1) is 0 Å². The fourth-order valence-electron chi connectivity index (χ4n) is 2.89. The quantitative estimate of drug-likeness (QED) is 0.853. The number of hydrogen-bond acceptors (Lipinski definition) is 7. The van der Waals surface area contributed by atoms with Crippen molar-refractivity contribution in [2.45, 2.75) is 40.2 Å². The molecule has 1 fully saturated rings. The number of nitrogens with zero attached hydrogens (tertiary/aromatic N) is 6. The Hall–Kier alpha value is -2.02. The maximum absolute atomic E-state index is 5.30. The Morgan fingerprint density at radius 2 is 1.87 bits per heavy atom. The highest BCUT2D eigenvalue weighted by atomic mass is 16.5. The molecule has 0 aromatic carbocycles. The summed E-state index contributed by atoms with van der Waals surface area (Å²) in [6.07, 6.45) is 0.934. The summed E-state index contributed by atoms with van der Waals surface area (Å²) in [4.78, 5) is 18.2. The lowest BCUT2D eigenvalue weighted by atomic mass is 10.2. The molecular formula is C16H24N6O. The molecule has 0 N–H and O–H groups in total. The zero-order valence-electron chi connectivity index (χ0n) is 14.3. The lowest BCUT2D eigenvalue weighted by Gasteiger charge is -2.36. The van der Waals surface area contributed by atoms with E-state index in [0.29, 0.717) is 11.7 Å². The smallest absolute Gasteiger partial charge is 0.243 e. The van der Waals surface area contributed by atoms with Crippen molar-refractivity contribution in [1.29, 1.82) is 0 Å². The summed E-state index contributed by atoms with van der Waals surface area (Å²) in [5.74, 6) is 2.23. The van der Waals surface area contributed by atoms with E-state index in [-0.39, 0.29) is 6.04 Å². The minimum atomic E-state index is 0.142. The average molecular weight is 316 g/mol. The first-order valence-electron chi connectivity index (χ1n) is 8.20. The second-order valence-electron chi connectivity index (χ2n) is 6.03. The van der Waals surface area contributed by atoms with Gasteiger partial charge in [-0.05, 0) is 33.3 Å². The van der Waals surface area contributed by atoms with Crippen molar-refractivity contribution in [1.82, 2.24) is 25.0 Å². The van der Waals surface area contributed by atoms with Crippen LogP contribution >= 0.6 is 0 Å². The zero-order chi connectivity index (χ0) is 16.4. The van der Waals surface area contributed by atoms with Crippen LogP contribution in [0.25, 0.3) is 0 Å². The van der Waals surface area contributed by atoms with Gasteiger partial charge in [0.05, 0.1) is 6.04 Å². The van der Waals surface area contributed by atoms with Gasteiger partial charge < -0.3 is 9.42 Å². The van der Waals surface area contributed by atoms with Crippen LogP contribution < -0.4 is 4.90 Å². The second kappa shape index (κ2) is 6.62. The van der Waals surface area contributed by atoms with Crippen LogP contribution in [0.1, 0.15) is 43.0 Å². The van der Waals surface area contributed by atoms with Gasteiger partial charge in [-0.25, -0.2) is 9.97 Å². The summed E-state index contributed by atoms with van der Waals surface area (Å²) in [6, 6.07) is 2.20. The zero-order valence-corrected chi connectivity index (χ0v) is 14.3. The largest absolute Gasteiger partial charge is 0.338 e. The van der Waals surface area contributed by atoms with Crippen LogP contribution in [0.15, 0.2) is 10.6 Å². The number of aryl methyl sites for hydroxylation is 3. The molecule has 0 amide bonds. The van der Waals surface area contributed by atoms with E-state index in [9.17, 15) is 0 Å². The summed E-state index contributed by atoms with van der Waals surface area (Å²) in [6.45, 7) is 11.8. The number of rotatable bonds is 4. The van der Waals surface area contributed by atoms with Gasteiger partial charge in [0, 0.05) is 37.6 Å². The Bertz CT molecular complexity index is 662. The molecule has 1 aliphatic rings. The molecular weight excluding hydrogens is 292 g/mol. The first-order valence-corrected chi connectivity index (χ1v) is 8.20. The number of hydrogen-bond donors (Lipinski definition) is 0. The Morgan fingerprint density at radius 1 is 1.13 bits per heavy atom. The molecule has 2 aromatic heterocycles. The molecule has 2 aromatic rings. The minimum Gasteiger partial charge on any atom is -0.338 e. The molecule has 7 heteroatoms. The third-order valence-corrected chi connectivity index (χ3v) is 4.30. The third kappa shape index (κ3) is 3.50. The SMILES string of the molecule is CCc1cc(C)nc(N2CCN([C@@H](C)c3nc(C)no3)CC2)n1. The maximum Gasteiger partial charge on any atom is 0.243 e. The Labute approximate surface area is 136 Å². The van der Waals surface area contributed by atoms with Gasteiger partial charge >= 0.3 is 0 Å². The number of anilines is 1. The Balaban J connectivity index is 1.65. The van der Waals surface area contributed by atoms with E-state index in [1.807, 2.05) is 13.8 Å². The van der Waals surface area contributed by atoms with Gasteiger partial charge in [-0.1, -0.05) is 12.1 Å². The van der Waals surface area contributed by atoms with Gasteiger partial charge in [0.1, 0.15) is 0 Å². The Kier molecular flexibility index (Phi) is 4.56. The van der Waals surface area contributed by atoms with Crippen LogP contribution in [-0.4, -0.2) is 51.2 Å². The standard InChI is InChI=1S/C16H24N6O/c1-5-14-10-11(2)17-16(19-14)22-8-6-21(7-9-22)12(3)15-18-13(4)20-23-15/h10,12H,5-9H2,1-4H3/t12-/m0/s1. The third-order valence-electron chi connectivity index (χ3n) is 4.30. The molecule has 124 valence electrons. The van der Waals surface area contributed by atoms with Crippen molar-refractivity contribution in [3.05, 3.63) is 29.2 Å². The summed E-state index contributed by atoms with van der Waals surface area (Å²) in [5, 5.41) is 3.88. The molecule has 1 saturated heterocycles. The Morgan fingerprint density at radius 3 is 2.48 bits per heavy atom. The van der Waals surface area contributed by atoms with Crippen LogP contribution in [0, 0.1) is 13.8 Å². The highest BCUT2D eigenvalue weighted by Crippen LogP contribution is 2.21. The fourth-order valence-corrected chi connectivity index (χ4v) is 2.89. The molecule has 0 bridgehead atoms. The van der Waals surface area contributed by atoms with Crippen LogP contribution in [0.4, 0.5) is 5.95 Å². The summed E-state index contributed by atoms with van der Waals surface area (Å²) in [7, 11) is 0. The van der Waals surface area contributed by atoms with Gasteiger partial charge in [0.25, 0.3) is 0 Å². The lowest BCUT2D eigenvalue weighted by Crippen LogP contribution is -2.47. The summed E-state index contributed by atoms with van der Waals surface area (Å²) >= 11 is 0. The number of aromatic nitrogens is 4. The van der Waals surface area contributed by atoms with Crippen molar-refractivity contribution < 1.29 is 4.52 Å². The van der Waals surface area contributed by atoms with E-state index >= 15 is 0 Å². The molecule has 0 spiro atoms. The van der Waals surface area contributed by atoms with Gasteiger partial charge in [0.15, 0.2) is 5.82 Å². The molecule has 23 heavy (non-hydrogen) atoms. The monoisotopic (exact) mass is 316 g/mol. The predicted molar refractivity (Wildman–Crippen MR) is 87.4 cm³/mol. The molecule has 1 atom stereocenters. The predicted octanol–water partition coefficient (Wildman–Crippen LogP) is 1.92.